The SMILES string of the molecule is CC(C)(CO)N=C(N)N. The number of hydrogen-bond donors (Lipinski definition) is 3. The van der Waals surface area contributed by atoms with Crippen LogP contribution in [0.3, 0.4) is 0 Å². The van der Waals surface area contributed by atoms with E-state index in [2.05, 4.69) is 4.99 Å². The highest BCUT2D eigenvalue weighted by molar-refractivity contribution is 5.76. The van der Waals surface area contributed by atoms with E-state index in [1.807, 2.05) is 0 Å². The zero-order chi connectivity index (χ0) is 7.49. The van der Waals surface area contributed by atoms with Crippen LogP contribution in [0.4, 0.5) is 0 Å². The van der Waals surface area contributed by atoms with Gasteiger partial charge in [-0.3, -0.25) is 0 Å². The Morgan fingerprint density at radius 3 is 2.11 bits per heavy atom. The quantitative estimate of drug-likeness (QED) is 0.333. The summed E-state index contributed by atoms with van der Waals surface area (Å²) in [5, 5.41) is 8.62. The molecule has 0 aliphatic rings. The Kier molecular flexibility index (Phi) is 2.45. The molecule has 0 unspecified atom stereocenters. The number of aliphatic hydroxyl groups excluding tert-OH is 1. The molecule has 5 N–H and O–H groups in total. The van der Waals surface area contributed by atoms with Crippen LogP contribution in [-0.4, -0.2) is 23.2 Å². The topological polar surface area (TPSA) is 84.6 Å². The summed E-state index contributed by atoms with van der Waals surface area (Å²) in [4.78, 5) is 3.75. The van der Waals surface area contributed by atoms with Gasteiger partial charge in [-0.2, -0.15) is 0 Å². The van der Waals surface area contributed by atoms with Crippen molar-refractivity contribution in [2.75, 3.05) is 6.61 Å². The summed E-state index contributed by atoms with van der Waals surface area (Å²) in [5.41, 5.74) is 9.60. The molecule has 0 heterocycles. The van der Waals surface area contributed by atoms with Gasteiger partial charge in [-0.15, -0.1) is 0 Å². The van der Waals surface area contributed by atoms with E-state index in [9.17, 15) is 0 Å². The lowest BCUT2D eigenvalue weighted by Crippen LogP contribution is -2.31. The average molecular weight is 131 g/mol. The molecule has 4 heteroatoms. The first kappa shape index (κ1) is 8.23. The first-order valence-electron chi connectivity index (χ1n) is 2.69. The molecular formula is C5H13N3O. The fourth-order valence-electron chi connectivity index (χ4n) is 0.385. The fourth-order valence-corrected chi connectivity index (χ4v) is 0.385. The van der Waals surface area contributed by atoms with E-state index in [-0.39, 0.29) is 12.6 Å². The highest BCUT2D eigenvalue weighted by Crippen LogP contribution is 2.04. The summed E-state index contributed by atoms with van der Waals surface area (Å²) in [6, 6.07) is 0. The van der Waals surface area contributed by atoms with Gasteiger partial charge >= 0.3 is 0 Å². The minimum Gasteiger partial charge on any atom is -0.394 e. The van der Waals surface area contributed by atoms with Crippen molar-refractivity contribution in [2.45, 2.75) is 19.4 Å². The second-order valence-corrected chi connectivity index (χ2v) is 2.51. The van der Waals surface area contributed by atoms with Crippen molar-refractivity contribution in [3.63, 3.8) is 0 Å². The van der Waals surface area contributed by atoms with Gasteiger partial charge in [0, 0.05) is 0 Å². The van der Waals surface area contributed by atoms with Gasteiger partial charge in [0.25, 0.3) is 0 Å². The highest BCUT2D eigenvalue weighted by Gasteiger charge is 2.13. The molecule has 0 amide bonds. The third-order valence-corrected chi connectivity index (χ3v) is 0.819. The van der Waals surface area contributed by atoms with Gasteiger partial charge < -0.3 is 16.6 Å². The molecule has 0 aliphatic heterocycles. The Morgan fingerprint density at radius 2 is 2.00 bits per heavy atom. The zero-order valence-corrected chi connectivity index (χ0v) is 5.76. The first-order valence-corrected chi connectivity index (χ1v) is 2.69. The Balaban J connectivity index is 4.01. The highest BCUT2D eigenvalue weighted by atomic mass is 16.3. The minimum atomic E-state index is -0.543. The van der Waals surface area contributed by atoms with Crippen molar-refractivity contribution in [2.24, 2.45) is 16.5 Å². The smallest absolute Gasteiger partial charge is 0.186 e. The van der Waals surface area contributed by atoms with Crippen LogP contribution in [0.2, 0.25) is 0 Å². The van der Waals surface area contributed by atoms with Gasteiger partial charge in [-0.25, -0.2) is 4.99 Å². The molecule has 54 valence electrons. The van der Waals surface area contributed by atoms with Gasteiger partial charge in [-0.05, 0) is 13.8 Å². The molecule has 4 nitrogen and oxygen atoms in total. The summed E-state index contributed by atoms with van der Waals surface area (Å²) in [7, 11) is 0. The Morgan fingerprint density at radius 1 is 1.56 bits per heavy atom. The Labute approximate surface area is 54.6 Å². The van der Waals surface area contributed by atoms with E-state index in [1.165, 1.54) is 0 Å². The van der Waals surface area contributed by atoms with E-state index >= 15 is 0 Å². The summed E-state index contributed by atoms with van der Waals surface area (Å²) in [5.74, 6) is 0.00838. The standard InChI is InChI=1S/C5H13N3O/c1-5(2,3-9)8-4(6)7/h9H,3H2,1-2H3,(H4,6,7,8). The third kappa shape index (κ3) is 3.78. The normalized spacial score (nSPS) is 11.0. The summed E-state index contributed by atoms with van der Waals surface area (Å²) in [6.45, 7) is 3.43. The van der Waals surface area contributed by atoms with E-state index in [0.717, 1.165) is 0 Å². The maximum absolute atomic E-state index is 8.62. The van der Waals surface area contributed by atoms with Crippen molar-refractivity contribution in [3.05, 3.63) is 0 Å². The van der Waals surface area contributed by atoms with Crippen molar-refractivity contribution in [1.29, 1.82) is 0 Å². The Hall–Kier alpha value is -0.770. The summed E-state index contributed by atoms with van der Waals surface area (Å²) in [6.07, 6.45) is 0. The summed E-state index contributed by atoms with van der Waals surface area (Å²) < 4.78 is 0. The van der Waals surface area contributed by atoms with Crippen LogP contribution >= 0.6 is 0 Å². The van der Waals surface area contributed by atoms with Crippen LogP contribution in [0, 0.1) is 0 Å². The molecule has 9 heavy (non-hydrogen) atoms. The molecule has 0 aliphatic carbocycles. The molecule has 0 atom stereocenters. The number of rotatable bonds is 2. The van der Waals surface area contributed by atoms with E-state index in [4.69, 9.17) is 16.6 Å². The van der Waals surface area contributed by atoms with Crippen LogP contribution in [0.1, 0.15) is 13.8 Å². The average Bonchev–Trinajstić information content (AvgIpc) is 1.63. The number of aliphatic imine (C=N–C) groups is 1. The predicted molar refractivity (Wildman–Crippen MR) is 37.0 cm³/mol. The molecule has 0 aromatic rings. The second kappa shape index (κ2) is 2.68. The molecule has 0 saturated heterocycles. The lowest BCUT2D eigenvalue weighted by Gasteiger charge is -2.15. The van der Waals surface area contributed by atoms with Crippen molar-refractivity contribution < 1.29 is 5.11 Å². The van der Waals surface area contributed by atoms with Gasteiger partial charge in [-0.1, -0.05) is 0 Å². The number of nitrogens with two attached hydrogens (primary N) is 2. The van der Waals surface area contributed by atoms with Gasteiger partial charge in [0.05, 0.1) is 12.1 Å². The largest absolute Gasteiger partial charge is 0.394 e. The van der Waals surface area contributed by atoms with E-state index in [1.54, 1.807) is 13.8 Å². The van der Waals surface area contributed by atoms with Gasteiger partial charge in [0.15, 0.2) is 5.96 Å². The van der Waals surface area contributed by atoms with Crippen molar-refractivity contribution in [1.82, 2.24) is 0 Å². The maximum Gasteiger partial charge on any atom is 0.186 e. The zero-order valence-electron chi connectivity index (χ0n) is 5.76. The molecule has 0 spiro atoms. The van der Waals surface area contributed by atoms with Crippen LogP contribution in [0.15, 0.2) is 4.99 Å². The predicted octanol–water partition coefficient (Wildman–Crippen LogP) is -0.969. The fraction of sp³-hybridized carbons (Fsp3) is 0.800. The second-order valence-electron chi connectivity index (χ2n) is 2.51. The van der Waals surface area contributed by atoms with Crippen LogP contribution in [-0.2, 0) is 0 Å². The van der Waals surface area contributed by atoms with E-state index < -0.39 is 5.54 Å². The molecule has 0 rings (SSSR count). The molecule has 0 fully saturated rings. The number of aliphatic hydroxyl groups is 1. The van der Waals surface area contributed by atoms with Crippen molar-refractivity contribution in [3.8, 4) is 0 Å². The first-order chi connectivity index (χ1) is 3.98. The molecule has 0 bridgehead atoms. The van der Waals surface area contributed by atoms with Crippen LogP contribution in [0.25, 0.3) is 0 Å². The maximum atomic E-state index is 8.62. The summed E-state index contributed by atoms with van der Waals surface area (Å²) >= 11 is 0. The molecule has 0 aromatic carbocycles. The number of hydrogen-bond acceptors (Lipinski definition) is 2. The molecule has 0 saturated carbocycles. The molecule has 0 radical (unpaired) electrons. The van der Waals surface area contributed by atoms with Crippen molar-refractivity contribution >= 4 is 5.96 Å². The van der Waals surface area contributed by atoms with Crippen LogP contribution < -0.4 is 11.5 Å². The van der Waals surface area contributed by atoms with Gasteiger partial charge in [0.1, 0.15) is 0 Å². The van der Waals surface area contributed by atoms with Crippen LogP contribution in [0.5, 0.6) is 0 Å². The molecule has 0 aromatic heterocycles. The lowest BCUT2D eigenvalue weighted by molar-refractivity contribution is 0.222. The molecular weight excluding hydrogens is 118 g/mol. The number of nitrogens with zero attached hydrogens (tertiary/aromatic N) is 1. The van der Waals surface area contributed by atoms with Gasteiger partial charge in [0.2, 0.25) is 0 Å². The Bertz CT molecular complexity index is 115. The lowest BCUT2D eigenvalue weighted by atomic mass is 10.1. The van der Waals surface area contributed by atoms with E-state index in [0.29, 0.717) is 0 Å². The third-order valence-electron chi connectivity index (χ3n) is 0.819. The minimum absolute atomic E-state index is 0.00838. The monoisotopic (exact) mass is 131 g/mol. The number of guanidine groups is 1.